The Morgan fingerprint density at radius 2 is 1.92 bits per heavy atom. The van der Waals surface area contributed by atoms with Gasteiger partial charge in [0.05, 0.1) is 33.5 Å². The van der Waals surface area contributed by atoms with Crippen LogP contribution in [0.2, 0.25) is 10.0 Å². The Morgan fingerprint density at radius 3 is 2.62 bits per heavy atom. The first kappa shape index (κ1) is 26.6. The molecule has 3 aromatic carbocycles. The number of hydrazine groups is 1. The van der Waals surface area contributed by atoms with E-state index in [0.29, 0.717) is 43.6 Å². The van der Waals surface area contributed by atoms with Gasteiger partial charge in [0.15, 0.2) is 0 Å². The van der Waals surface area contributed by atoms with Crippen molar-refractivity contribution in [3.05, 3.63) is 105 Å². The Kier molecular flexibility index (Phi) is 7.49. The lowest BCUT2D eigenvalue weighted by atomic mass is 10.0. The molecule has 1 fully saturated rings. The fourth-order valence-electron chi connectivity index (χ4n) is 4.35. The summed E-state index contributed by atoms with van der Waals surface area (Å²) in [4.78, 5) is 4.43. The maximum atomic E-state index is 13.7. The molecule has 1 aliphatic carbocycles. The van der Waals surface area contributed by atoms with Crippen LogP contribution in [0.3, 0.4) is 0 Å². The first-order valence-electron chi connectivity index (χ1n) is 12.3. The monoisotopic (exact) mass is 561 g/mol. The minimum absolute atomic E-state index is 0.256. The number of benzene rings is 3. The van der Waals surface area contributed by atoms with E-state index in [1.807, 2.05) is 25.1 Å². The summed E-state index contributed by atoms with van der Waals surface area (Å²) in [5.74, 6) is 5.82. The third-order valence-electron chi connectivity index (χ3n) is 6.69. The normalized spacial score (nSPS) is 14.1. The molecule has 198 valence electrons. The highest BCUT2D eigenvalue weighted by molar-refractivity contribution is 6.36. The first-order chi connectivity index (χ1) is 18.7. The van der Waals surface area contributed by atoms with Gasteiger partial charge in [-0.2, -0.15) is 5.26 Å². The molecule has 0 bridgehead atoms. The van der Waals surface area contributed by atoms with Crippen LogP contribution < -0.4 is 22.2 Å². The molecule has 4 aromatic rings. The predicted octanol–water partition coefficient (Wildman–Crippen LogP) is 6.90. The SMILES string of the molecule is Cc1c(Cl)cccc1Nc1c(C#N)cnc2c(Cl)cc(NC(/C(N)=C/N(N)C3CC3)c3ccc(F)cc3)cc12. The first-order valence-corrected chi connectivity index (χ1v) is 13.1. The summed E-state index contributed by atoms with van der Waals surface area (Å²) in [6.45, 7) is 1.89. The van der Waals surface area contributed by atoms with Crippen LogP contribution in [0.1, 0.15) is 35.6 Å². The van der Waals surface area contributed by atoms with E-state index >= 15 is 0 Å². The van der Waals surface area contributed by atoms with E-state index in [1.54, 1.807) is 35.5 Å². The molecule has 6 N–H and O–H groups in total. The summed E-state index contributed by atoms with van der Waals surface area (Å²) < 4.78 is 13.7. The van der Waals surface area contributed by atoms with Gasteiger partial charge in [0.25, 0.3) is 0 Å². The summed E-state index contributed by atoms with van der Waals surface area (Å²) in [6.07, 6.45) is 5.20. The lowest BCUT2D eigenvalue weighted by Crippen LogP contribution is -2.30. The van der Waals surface area contributed by atoms with Crippen LogP contribution in [0.4, 0.5) is 21.5 Å². The Bertz CT molecular complexity index is 1610. The number of rotatable bonds is 8. The number of nitriles is 1. The summed E-state index contributed by atoms with van der Waals surface area (Å²) >= 11 is 13.0. The van der Waals surface area contributed by atoms with Crippen molar-refractivity contribution < 1.29 is 4.39 Å². The number of nitrogens with two attached hydrogens (primary N) is 2. The van der Waals surface area contributed by atoms with E-state index in [4.69, 9.17) is 34.8 Å². The van der Waals surface area contributed by atoms with Gasteiger partial charge in [-0.05, 0) is 67.3 Å². The summed E-state index contributed by atoms with van der Waals surface area (Å²) in [7, 11) is 0. The second kappa shape index (κ2) is 11.0. The van der Waals surface area contributed by atoms with E-state index in [9.17, 15) is 9.65 Å². The van der Waals surface area contributed by atoms with Crippen molar-refractivity contribution in [3.8, 4) is 6.07 Å². The third-order valence-corrected chi connectivity index (χ3v) is 7.38. The van der Waals surface area contributed by atoms with Gasteiger partial charge in [-0.25, -0.2) is 10.2 Å². The molecular formula is C29H26Cl2FN7. The van der Waals surface area contributed by atoms with Gasteiger partial charge in [-0.3, -0.25) is 4.98 Å². The fraction of sp³-hybridized carbons (Fsp3) is 0.172. The number of nitrogens with zero attached hydrogens (tertiary/aromatic N) is 3. The maximum absolute atomic E-state index is 13.7. The molecule has 1 saturated carbocycles. The summed E-state index contributed by atoms with van der Waals surface area (Å²) in [5, 5.41) is 19.9. The van der Waals surface area contributed by atoms with Gasteiger partial charge in [0.2, 0.25) is 0 Å². The molecule has 1 aliphatic rings. The van der Waals surface area contributed by atoms with Crippen molar-refractivity contribution in [1.29, 1.82) is 5.26 Å². The second-order valence-corrected chi connectivity index (χ2v) is 10.3. The van der Waals surface area contributed by atoms with Crippen molar-refractivity contribution in [2.24, 2.45) is 11.6 Å². The largest absolute Gasteiger partial charge is 0.399 e. The quantitative estimate of drug-likeness (QED) is 0.136. The molecule has 10 heteroatoms. The highest BCUT2D eigenvalue weighted by Gasteiger charge is 2.26. The van der Waals surface area contributed by atoms with Gasteiger partial charge >= 0.3 is 0 Å². The van der Waals surface area contributed by atoms with Gasteiger partial charge in [-0.1, -0.05) is 41.4 Å². The topological polar surface area (TPSA) is 116 Å². The highest BCUT2D eigenvalue weighted by atomic mass is 35.5. The molecule has 0 saturated heterocycles. The van der Waals surface area contributed by atoms with Crippen molar-refractivity contribution in [1.82, 2.24) is 9.99 Å². The smallest absolute Gasteiger partial charge is 0.123 e. The van der Waals surface area contributed by atoms with E-state index < -0.39 is 6.04 Å². The highest BCUT2D eigenvalue weighted by Crippen LogP contribution is 2.37. The van der Waals surface area contributed by atoms with Crippen molar-refractivity contribution in [2.45, 2.75) is 31.8 Å². The number of halogens is 3. The lowest BCUT2D eigenvalue weighted by molar-refractivity contribution is 0.378. The molecule has 39 heavy (non-hydrogen) atoms. The Hall–Kier alpha value is -4.03. The zero-order valence-electron chi connectivity index (χ0n) is 21.1. The number of pyridine rings is 1. The average molecular weight is 562 g/mol. The van der Waals surface area contributed by atoms with Crippen LogP contribution in [0.25, 0.3) is 10.9 Å². The number of hydrogen-bond donors (Lipinski definition) is 4. The van der Waals surface area contributed by atoms with Crippen LogP contribution in [-0.4, -0.2) is 16.0 Å². The molecule has 1 aromatic heterocycles. The molecule has 0 aliphatic heterocycles. The number of nitrogens with one attached hydrogen (secondary N) is 2. The van der Waals surface area contributed by atoms with Crippen LogP contribution in [0.5, 0.6) is 0 Å². The molecule has 0 amide bonds. The lowest BCUT2D eigenvalue weighted by Gasteiger charge is -2.24. The molecule has 0 spiro atoms. The fourth-order valence-corrected chi connectivity index (χ4v) is 4.79. The molecule has 1 atom stereocenters. The number of hydrogen-bond acceptors (Lipinski definition) is 7. The van der Waals surface area contributed by atoms with Gasteiger partial charge in [-0.15, -0.1) is 0 Å². The van der Waals surface area contributed by atoms with Gasteiger partial charge in [0, 0.05) is 40.2 Å². The van der Waals surface area contributed by atoms with Crippen LogP contribution in [-0.2, 0) is 0 Å². The van der Waals surface area contributed by atoms with Crippen molar-refractivity contribution in [2.75, 3.05) is 10.6 Å². The zero-order chi connectivity index (χ0) is 27.7. The Morgan fingerprint density at radius 1 is 1.18 bits per heavy atom. The molecule has 7 nitrogen and oxygen atoms in total. The van der Waals surface area contributed by atoms with E-state index in [2.05, 4.69) is 21.7 Å². The van der Waals surface area contributed by atoms with Crippen molar-refractivity contribution in [3.63, 3.8) is 0 Å². The third kappa shape index (κ3) is 5.71. The number of aromatic nitrogens is 1. The van der Waals surface area contributed by atoms with Crippen LogP contribution in [0.15, 0.2) is 72.7 Å². The number of fused-ring (bicyclic) bond motifs is 1. The van der Waals surface area contributed by atoms with E-state index in [-0.39, 0.29) is 11.9 Å². The van der Waals surface area contributed by atoms with E-state index in [0.717, 1.165) is 29.7 Å². The zero-order valence-corrected chi connectivity index (χ0v) is 22.6. The van der Waals surface area contributed by atoms with Gasteiger partial charge < -0.3 is 21.4 Å². The molecule has 1 unspecified atom stereocenters. The Balaban J connectivity index is 1.59. The minimum atomic E-state index is -0.539. The Labute approximate surface area is 235 Å². The average Bonchev–Trinajstić information content (AvgIpc) is 3.77. The summed E-state index contributed by atoms with van der Waals surface area (Å²) in [6, 6.07) is 17.1. The van der Waals surface area contributed by atoms with Gasteiger partial charge in [0.1, 0.15) is 11.9 Å². The predicted molar refractivity (Wildman–Crippen MR) is 155 cm³/mol. The molecular weight excluding hydrogens is 536 g/mol. The number of anilines is 3. The van der Waals surface area contributed by atoms with Crippen LogP contribution >= 0.6 is 23.2 Å². The minimum Gasteiger partial charge on any atom is -0.399 e. The van der Waals surface area contributed by atoms with Crippen molar-refractivity contribution >= 4 is 51.2 Å². The molecule has 1 heterocycles. The van der Waals surface area contributed by atoms with Crippen LogP contribution in [0, 0.1) is 24.1 Å². The summed E-state index contributed by atoms with van der Waals surface area (Å²) in [5.41, 5.74) is 11.3. The molecule has 0 radical (unpaired) electrons. The van der Waals surface area contributed by atoms with E-state index in [1.165, 1.54) is 18.3 Å². The molecule has 5 rings (SSSR count). The second-order valence-electron chi connectivity index (χ2n) is 9.49. The maximum Gasteiger partial charge on any atom is 0.123 e. The standard InChI is InChI=1S/C29H26Cl2FN7/c1-16-23(30)3-2-4-26(16)38-27-18(13-33)14-36-29-22(27)11-20(12-24(29)31)37-28(17-5-7-19(32)8-6-17)25(34)15-39(35)21-9-10-21/h2-8,11-12,14-15,21,28,37H,9-10,34-35H2,1H3,(H,36,38)/b25-15-.